The maximum Gasteiger partial charge on any atom is 0.134 e. The highest BCUT2D eigenvalue weighted by Gasteiger charge is 2.20. The lowest BCUT2D eigenvalue weighted by molar-refractivity contribution is 0.122. The third-order valence-corrected chi connectivity index (χ3v) is 5.04. The Labute approximate surface area is 147 Å². The van der Waals surface area contributed by atoms with Crippen LogP contribution in [0.2, 0.25) is 0 Å². The predicted molar refractivity (Wildman–Crippen MR) is 97.9 cm³/mol. The molecule has 2 aromatic heterocycles. The first-order valence-electron chi connectivity index (χ1n) is 8.30. The van der Waals surface area contributed by atoms with Crippen molar-refractivity contribution in [3.05, 3.63) is 28.5 Å². The number of hydrogen-bond donors (Lipinski definition) is 1. The first kappa shape index (κ1) is 17.1. The lowest BCUT2D eigenvalue weighted by Crippen LogP contribution is -2.36. The molecule has 3 rings (SSSR count). The monoisotopic (exact) mass is 347 g/mol. The van der Waals surface area contributed by atoms with Crippen molar-refractivity contribution in [1.82, 2.24) is 15.0 Å². The van der Waals surface area contributed by atoms with Gasteiger partial charge in [0, 0.05) is 30.0 Å². The minimum atomic E-state index is 0.0763. The number of anilines is 2. The molecule has 24 heavy (non-hydrogen) atoms. The smallest absolute Gasteiger partial charge is 0.134 e. The van der Waals surface area contributed by atoms with Crippen LogP contribution in [0.5, 0.6) is 0 Å². The van der Waals surface area contributed by atoms with E-state index in [0.717, 1.165) is 48.6 Å². The Balaban J connectivity index is 1.70. The van der Waals surface area contributed by atoms with Gasteiger partial charge in [-0.05, 0) is 6.92 Å². The summed E-state index contributed by atoms with van der Waals surface area (Å²) in [6.07, 6.45) is 1.61. The van der Waals surface area contributed by atoms with Gasteiger partial charge in [-0.2, -0.15) is 0 Å². The molecule has 0 bridgehead atoms. The van der Waals surface area contributed by atoms with Crippen molar-refractivity contribution in [3.63, 3.8) is 0 Å². The van der Waals surface area contributed by atoms with Crippen molar-refractivity contribution in [2.75, 3.05) is 36.5 Å². The molecule has 1 aliphatic rings. The standard InChI is InChI=1S/C17H25N5OS/c1-12(16-21-13(10-24-16)17(2,3)4)20-14-9-15(19-11-18-14)22-5-7-23-8-6-22/h9-12H,5-8H2,1-4H3,(H,18,19,20). The second-order valence-corrected chi connectivity index (χ2v) is 7.94. The summed E-state index contributed by atoms with van der Waals surface area (Å²) in [5, 5.41) is 6.66. The van der Waals surface area contributed by atoms with E-state index in [-0.39, 0.29) is 11.5 Å². The van der Waals surface area contributed by atoms with Crippen molar-refractivity contribution >= 4 is 23.0 Å². The van der Waals surface area contributed by atoms with Crippen LogP contribution in [0.15, 0.2) is 17.8 Å². The Bertz CT molecular complexity index is 676. The lowest BCUT2D eigenvalue weighted by atomic mass is 9.93. The van der Waals surface area contributed by atoms with E-state index in [9.17, 15) is 0 Å². The van der Waals surface area contributed by atoms with Crippen LogP contribution in [0, 0.1) is 0 Å². The highest BCUT2D eigenvalue weighted by Crippen LogP contribution is 2.28. The van der Waals surface area contributed by atoms with Crippen LogP contribution in [0.4, 0.5) is 11.6 Å². The fraction of sp³-hybridized carbons (Fsp3) is 0.588. The van der Waals surface area contributed by atoms with Gasteiger partial charge in [0.25, 0.3) is 0 Å². The number of morpholine rings is 1. The molecule has 6 nitrogen and oxygen atoms in total. The summed E-state index contributed by atoms with van der Waals surface area (Å²) in [5.74, 6) is 1.77. The molecule has 130 valence electrons. The van der Waals surface area contributed by atoms with Crippen LogP contribution in [0.3, 0.4) is 0 Å². The fourth-order valence-electron chi connectivity index (χ4n) is 2.51. The van der Waals surface area contributed by atoms with Gasteiger partial charge in [0.2, 0.25) is 0 Å². The van der Waals surface area contributed by atoms with E-state index in [4.69, 9.17) is 9.72 Å². The highest BCUT2D eigenvalue weighted by atomic mass is 32.1. The van der Waals surface area contributed by atoms with Crippen molar-refractivity contribution in [1.29, 1.82) is 0 Å². The van der Waals surface area contributed by atoms with Crippen molar-refractivity contribution in [2.24, 2.45) is 0 Å². The molecule has 0 aliphatic carbocycles. The van der Waals surface area contributed by atoms with Crippen LogP contribution in [-0.4, -0.2) is 41.3 Å². The molecule has 2 aromatic rings. The average Bonchev–Trinajstić information content (AvgIpc) is 3.06. The van der Waals surface area contributed by atoms with Crippen molar-refractivity contribution in [3.8, 4) is 0 Å². The quantitative estimate of drug-likeness (QED) is 0.916. The molecule has 1 fully saturated rings. The van der Waals surface area contributed by atoms with Crippen LogP contribution in [0.1, 0.15) is 44.4 Å². The van der Waals surface area contributed by atoms with Gasteiger partial charge >= 0.3 is 0 Å². The van der Waals surface area contributed by atoms with E-state index >= 15 is 0 Å². The average molecular weight is 347 g/mol. The zero-order valence-corrected chi connectivity index (χ0v) is 15.6. The largest absolute Gasteiger partial charge is 0.378 e. The number of hydrogen-bond acceptors (Lipinski definition) is 7. The van der Waals surface area contributed by atoms with Gasteiger partial charge in [0.05, 0.1) is 24.9 Å². The summed E-state index contributed by atoms with van der Waals surface area (Å²) in [6, 6.07) is 2.11. The Morgan fingerprint density at radius 2 is 2.00 bits per heavy atom. The molecule has 1 aliphatic heterocycles. The van der Waals surface area contributed by atoms with Gasteiger partial charge in [-0.3, -0.25) is 0 Å². The number of ether oxygens (including phenoxy) is 1. The maximum atomic E-state index is 5.40. The molecule has 1 atom stereocenters. The van der Waals surface area contributed by atoms with Crippen molar-refractivity contribution < 1.29 is 4.74 Å². The minimum Gasteiger partial charge on any atom is -0.378 e. The molecule has 0 aromatic carbocycles. The van der Waals surface area contributed by atoms with Crippen molar-refractivity contribution in [2.45, 2.75) is 39.2 Å². The molecule has 1 saturated heterocycles. The van der Waals surface area contributed by atoms with E-state index in [2.05, 4.69) is 53.3 Å². The number of nitrogens with zero attached hydrogens (tertiary/aromatic N) is 4. The number of aromatic nitrogens is 3. The molecular weight excluding hydrogens is 322 g/mol. The molecule has 1 unspecified atom stereocenters. The molecule has 0 radical (unpaired) electrons. The Morgan fingerprint density at radius 1 is 1.25 bits per heavy atom. The number of nitrogens with one attached hydrogen (secondary N) is 1. The Morgan fingerprint density at radius 3 is 2.67 bits per heavy atom. The first-order chi connectivity index (χ1) is 11.4. The van der Waals surface area contributed by atoms with Gasteiger partial charge in [-0.1, -0.05) is 20.8 Å². The van der Waals surface area contributed by atoms with Crippen LogP contribution >= 0.6 is 11.3 Å². The molecule has 0 amide bonds. The zero-order chi connectivity index (χ0) is 17.2. The number of thiazole rings is 1. The van der Waals surface area contributed by atoms with Gasteiger partial charge in [0.1, 0.15) is 23.0 Å². The summed E-state index contributed by atoms with van der Waals surface area (Å²) in [7, 11) is 0. The zero-order valence-electron chi connectivity index (χ0n) is 14.7. The third kappa shape index (κ3) is 4.02. The van der Waals surface area contributed by atoms with Gasteiger partial charge < -0.3 is 15.0 Å². The molecule has 7 heteroatoms. The summed E-state index contributed by atoms with van der Waals surface area (Å²) in [5.41, 5.74) is 1.21. The summed E-state index contributed by atoms with van der Waals surface area (Å²) >= 11 is 1.69. The van der Waals surface area contributed by atoms with E-state index in [1.165, 1.54) is 0 Å². The fourth-order valence-corrected chi connectivity index (χ4v) is 3.56. The summed E-state index contributed by atoms with van der Waals surface area (Å²) in [4.78, 5) is 15.7. The van der Waals surface area contributed by atoms with Gasteiger partial charge in [-0.25, -0.2) is 15.0 Å². The van der Waals surface area contributed by atoms with Gasteiger partial charge in [0.15, 0.2) is 0 Å². The second-order valence-electron chi connectivity index (χ2n) is 7.05. The SMILES string of the molecule is CC(Nc1cc(N2CCOCC2)ncn1)c1nc(C(C)(C)C)cs1. The molecular formula is C17H25N5OS. The summed E-state index contributed by atoms with van der Waals surface area (Å²) < 4.78 is 5.40. The van der Waals surface area contributed by atoms with Crippen LogP contribution in [0.25, 0.3) is 0 Å². The van der Waals surface area contributed by atoms with Crippen LogP contribution < -0.4 is 10.2 Å². The van der Waals surface area contributed by atoms with E-state index in [1.807, 2.05) is 6.07 Å². The van der Waals surface area contributed by atoms with E-state index < -0.39 is 0 Å². The Kier molecular flexibility index (Phi) is 5.01. The molecule has 0 spiro atoms. The van der Waals surface area contributed by atoms with E-state index in [1.54, 1.807) is 17.7 Å². The van der Waals surface area contributed by atoms with Gasteiger partial charge in [-0.15, -0.1) is 11.3 Å². The predicted octanol–water partition coefficient (Wildman–Crippen LogP) is 3.24. The maximum absolute atomic E-state index is 5.40. The third-order valence-electron chi connectivity index (χ3n) is 4.01. The topological polar surface area (TPSA) is 63.2 Å². The Hall–Kier alpha value is -1.73. The van der Waals surface area contributed by atoms with E-state index in [0.29, 0.717) is 0 Å². The molecule has 3 heterocycles. The molecule has 0 saturated carbocycles. The molecule has 1 N–H and O–H groups in total. The summed E-state index contributed by atoms with van der Waals surface area (Å²) in [6.45, 7) is 11.9. The highest BCUT2D eigenvalue weighted by molar-refractivity contribution is 7.09. The lowest BCUT2D eigenvalue weighted by Gasteiger charge is -2.28. The second kappa shape index (κ2) is 7.03. The minimum absolute atomic E-state index is 0.0763. The number of rotatable bonds is 4. The first-order valence-corrected chi connectivity index (χ1v) is 9.18. The normalized spacial score (nSPS) is 16.9. The van der Waals surface area contributed by atoms with Crippen LogP contribution in [-0.2, 0) is 10.2 Å².